The van der Waals surface area contributed by atoms with E-state index in [0.717, 1.165) is 61.1 Å². The van der Waals surface area contributed by atoms with Crippen LogP contribution in [0.5, 0.6) is 0 Å². The van der Waals surface area contributed by atoms with Gasteiger partial charge < -0.3 is 4.42 Å². The third kappa shape index (κ3) is 9.17. The molecule has 0 fully saturated rings. The predicted octanol–water partition coefficient (Wildman–Crippen LogP) is 15.1. The van der Waals surface area contributed by atoms with Gasteiger partial charge in [-0.15, -0.1) is 0 Å². The average molecular weight is 874 g/mol. The van der Waals surface area contributed by atoms with E-state index >= 15 is 0 Å². The number of rotatable bonds is 13. The molecule has 10 aromatic rings. The minimum absolute atomic E-state index is 0.0994. The monoisotopic (exact) mass is 873 g/mol. The second kappa shape index (κ2) is 18.1. The maximum Gasteiger partial charge on any atom is 0.144 e. The van der Waals surface area contributed by atoms with Crippen molar-refractivity contribution >= 4 is 21.9 Å². The quantitative estimate of drug-likeness (QED) is 0.115. The van der Waals surface area contributed by atoms with Crippen LogP contribution in [-0.4, -0.2) is 15.0 Å². The van der Waals surface area contributed by atoms with Crippen LogP contribution in [-0.2, 0) is 36.4 Å². The number of aryl methyl sites for hydroxylation is 2. The number of benzene rings is 6. The van der Waals surface area contributed by atoms with E-state index < -0.39 is 23.6 Å². The maximum atomic E-state index is 10.1. The molecule has 326 valence electrons. The number of nitriles is 1. The number of furan rings is 1. The number of fused-ring (bicyclic) bond motifs is 3. The predicted molar refractivity (Wildman–Crippen MR) is 274 cm³/mol. The van der Waals surface area contributed by atoms with Crippen molar-refractivity contribution < 1.29 is 11.3 Å². The second-order valence-corrected chi connectivity index (χ2v) is 18.5. The molecule has 67 heavy (non-hydrogen) atoms. The summed E-state index contributed by atoms with van der Waals surface area (Å²) < 4.78 is 53.6. The van der Waals surface area contributed by atoms with E-state index in [1.807, 2.05) is 146 Å². The van der Waals surface area contributed by atoms with Crippen LogP contribution in [0.2, 0.25) is 0 Å². The number of hydrogen-bond acceptors (Lipinski definition) is 5. The van der Waals surface area contributed by atoms with Gasteiger partial charge in [0, 0.05) is 57.1 Å². The Morgan fingerprint density at radius 3 is 1.54 bits per heavy atom. The van der Waals surface area contributed by atoms with Crippen molar-refractivity contribution in [1.82, 2.24) is 15.0 Å². The van der Waals surface area contributed by atoms with Gasteiger partial charge >= 0.3 is 0 Å². The van der Waals surface area contributed by atoms with Gasteiger partial charge in [0.2, 0.25) is 0 Å². The molecule has 0 aliphatic carbocycles. The standard InChI is InChI=1S/C62H52N4O/c1-61(2,51-25-30-55(65-40-51)46-14-8-5-9-15-46)36-44-32-43(33-45(34-44)37-62(3,4)52-26-31-56(66-41-52)47-16-10-6-11-17-47)21-20-42-22-29-57(64-39-42)49-23-27-53-54-28-24-50(38-63)59(48-18-12-7-13-19-48)60(54)67-58(53)35-49/h5-19,22-35,39-41H,20-21,36-37H2,1-4H3/i20D2,21D2,24D. The SMILES string of the molecule is [2H]c1cc2c(oc3cc(-c4ccc(C([2H])([2H])C([2H])([2H])c5cc(CC(C)(C)c6ccc(-c7ccccc7)nc6)cc(CC(C)(C)c6ccc(-c7ccccc7)nc6)c5)cn4)ccc32)c(-c2ccccc2)c1C#N. The van der Waals surface area contributed by atoms with Crippen molar-refractivity contribution in [3.63, 3.8) is 0 Å². The zero-order valence-corrected chi connectivity index (χ0v) is 38.0. The number of hydrogen-bond donors (Lipinski definition) is 0. The minimum atomic E-state index is -2.50. The van der Waals surface area contributed by atoms with Gasteiger partial charge in [0.15, 0.2) is 0 Å². The van der Waals surface area contributed by atoms with E-state index in [-0.39, 0.29) is 22.7 Å². The molecule has 10 rings (SSSR count). The van der Waals surface area contributed by atoms with Crippen molar-refractivity contribution in [3.05, 3.63) is 233 Å². The Morgan fingerprint density at radius 1 is 0.507 bits per heavy atom. The lowest BCUT2D eigenvalue weighted by Crippen LogP contribution is -2.23. The van der Waals surface area contributed by atoms with Crippen LogP contribution >= 0.6 is 0 Å². The highest BCUT2D eigenvalue weighted by molar-refractivity contribution is 6.11. The van der Waals surface area contributed by atoms with Crippen LogP contribution in [0.3, 0.4) is 0 Å². The fourth-order valence-corrected chi connectivity index (χ4v) is 9.10. The highest BCUT2D eigenvalue weighted by atomic mass is 16.3. The first kappa shape index (κ1) is 37.3. The van der Waals surface area contributed by atoms with Gasteiger partial charge in [-0.1, -0.05) is 161 Å². The summed E-state index contributed by atoms with van der Waals surface area (Å²) in [6.45, 7) is 8.65. The van der Waals surface area contributed by atoms with Crippen molar-refractivity contribution in [2.45, 2.75) is 64.1 Å². The molecule has 0 saturated heterocycles. The highest BCUT2D eigenvalue weighted by Crippen LogP contribution is 2.39. The van der Waals surface area contributed by atoms with Crippen molar-refractivity contribution in [2.75, 3.05) is 0 Å². The Labute approximate surface area is 400 Å². The van der Waals surface area contributed by atoms with Crippen molar-refractivity contribution in [3.8, 4) is 51.0 Å². The number of aromatic nitrogens is 3. The first-order chi connectivity index (χ1) is 34.5. The fraction of sp³-hybridized carbons (Fsp3) is 0.161. The molecule has 0 amide bonds. The van der Waals surface area contributed by atoms with Crippen molar-refractivity contribution in [1.29, 1.82) is 5.26 Å². The van der Waals surface area contributed by atoms with Gasteiger partial charge in [0.1, 0.15) is 11.2 Å². The van der Waals surface area contributed by atoms with Gasteiger partial charge in [0.25, 0.3) is 0 Å². The summed E-state index contributed by atoms with van der Waals surface area (Å²) in [6.07, 6.45) is 1.38. The first-order valence-electron chi connectivity index (χ1n) is 25.1. The van der Waals surface area contributed by atoms with Crippen LogP contribution in [0, 0.1) is 11.3 Å². The van der Waals surface area contributed by atoms with Crippen LogP contribution in [0.4, 0.5) is 0 Å². The van der Waals surface area contributed by atoms with Crippen molar-refractivity contribution in [2.24, 2.45) is 0 Å². The van der Waals surface area contributed by atoms with Gasteiger partial charge in [-0.2, -0.15) is 5.26 Å². The van der Waals surface area contributed by atoms with E-state index in [2.05, 4.69) is 52.0 Å². The molecule has 4 aromatic heterocycles. The van der Waals surface area contributed by atoms with Crippen LogP contribution < -0.4 is 0 Å². The molecule has 0 saturated carbocycles. The summed E-state index contributed by atoms with van der Waals surface area (Å²) in [5, 5.41) is 11.6. The molecule has 0 unspecified atom stereocenters. The molecule has 0 aliphatic rings. The van der Waals surface area contributed by atoms with Gasteiger partial charge in [-0.05, 0) is 118 Å². The molecule has 0 N–H and O–H groups in total. The molecule has 0 spiro atoms. The molecular weight excluding hydrogens is 817 g/mol. The van der Waals surface area contributed by atoms with Gasteiger partial charge in [-0.3, -0.25) is 15.0 Å². The van der Waals surface area contributed by atoms with E-state index in [1.54, 1.807) is 18.2 Å². The Morgan fingerprint density at radius 2 is 1.01 bits per heavy atom. The van der Waals surface area contributed by atoms with Gasteiger partial charge in [-0.25, -0.2) is 0 Å². The van der Waals surface area contributed by atoms with Crippen LogP contribution in [0.15, 0.2) is 199 Å². The van der Waals surface area contributed by atoms with E-state index in [4.69, 9.17) is 20.7 Å². The van der Waals surface area contributed by atoms with Gasteiger partial charge in [0.05, 0.1) is 30.1 Å². The number of nitrogens with zero attached hydrogens (tertiary/aromatic N) is 4. The Hall–Kier alpha value is -7.94. The third-order valence-electron chi connectivity index (χ3n) is 12.7. The molecule has 5 nitrogen and oxygen atoms in total. The summed E-state index contributed by atoms with van der Waals surface area (Å²) in [7, 11) is 0. The smallest absolute Gasteiger partial charge is 0.144 e. The largest absolute Gasteiger partial charge is 0.455 e. The topological polar surface area (TPSA) is 75.6 Å². The molecule has 0 bridgehead atoms. The lowest BCUT2D eigenvalue weighted by atomic mass is 9.77. The van der Waals surface area contributed by atoms with E-state index in [9.17, 15) is 10.7 Å². The average Bonchev–Trinajstić information content (AvgIpc) is 3.75. The first-order valence-corrected chi connectivity index (χ1v) is 22.6. The zero-order valence-electron chi connectivity index (χ0n) is 43.0. The summed E-state index contributed by atoms with van der Waals surface area (Å²) in [5.41, 5.74) is 11.1. The molecular formula is C62H52N4O. The number of pyridine rings is 3. The minimum Gasteiger partial charge on any atom is -0.455 e. The highest BCUT2D eigenvalue weighted by Gasteiger charge is 2.26. The fourth-order valence-electron chi connectivity index (χ4n) is 9.10. The van der Waals surface area contributed by atoms with E-state index in [1.165, 1.54) is 6.20 Å². The summed E-state index contributed by atoms with van der Waals surface area (Å²) in [5.74, 6) is 0. The Kier molecular flexibility index (Phi) is 10.1. The molecule has 6 aromatic carbocycles. The lowest BCUT2D eigenvalue weighted by Gasteiger charge is -2.28. The second-order valence-electron chi connectivity index (χ2n) is 18.5. The normalized spacial score (nSPS) is 13.3. The third-order valence-corrected chi connectivity index (χ3v) is 12.7. The van der Waals surface area contributed by atoms with E-state index in [0.29, 0.717) is 40.8 Å². The summed E-state index contributed by atoms with van der Waals surface area (Å²) in [4.78, 5) is 14.4. The van der Waals surface area contributed by atoms with Crippen LogP contribution in [0.25, 0.3) is 66.8 Å². The molecule has 0 atom stereocenters. The molecule has 0 aliphatic heterocycles. The van der Waals surface area contributed by atoms with Crippen LogP contribution in [0.1, 0.15) is 73.5 Å². The summed E-state index contributed by atoms with van der Waals surface area (Å²) >= 11 is 0. The lowest BCUT2D eigenvalue weighted by molar-refractivity contribution is 0.512. The maximum absolute atomic E-state index is 10.1. The molecule has 0 radical (unpaired) electrons. The zero-order chi connectivity index (χ0) is 50.4. The Balaban J connectivity index is 0.975. The Bertz CT molecular complexity index is 3510. The molecule has 5 heteroatoms. The summed E-state index contributed by atoms with van der Waals surface area (Å²) in [6, 6.07) is 56.7. The molecule has 4 heterocycles.